The lowest BCUT2D eigenvalue weighted by atomic mass is 10.2. The zero-order chi connectivity index (χ0) is 18.4. The van der Waals surface area contributed by atoms with Gasteiger partial charge in [0.15, 0.2) is 5.11 Å². The number of anilines is 1. The molecule has 132 valence electrons. The molecule has 2 aromatic rings. The van der Waals surface area contributed by atoms with Gasteiger partial charge in [-0.25, -0.2) is 0 Å². The van der Waals surface area contributed by atoms with Crippen LogP contribution in [-0.4, -0.2) is 17.1 Å². The number of hydrogen-bond donors (Lipinski definition) is 2. The van der Waals surface area contributed by atoms with E-state index in [1.807, 2.05) is 19.9 Å². The van der Waals surface area contributed by atoms with Gasteiger partial charge in [-0.2, -0.15) is 0 Å². The summed E-state index contributed by atoms with van der Waals surface area (Å²) >= 11 is 17.1. The van der Waals surface area contributed by atoms with Crippen LogP contribution in [0.25, 0.3) is 0 Å². The molecule has 1 atom stereocenters. The predicted molar refractivity (Wildman–Crippen MR) is 107 cm³/mol. The summed E-state index contributed by atoms with van der Waals surface area (Å²) < 4.78 is 5.72. The van der Waals surface area contributed by atoms with Gasteiger partial charge in [0.2, 0.25) is 0 Å². The van der Waals surface area contributed by atoms with Gasteiger partial charge < -0.3 is 10.1 Å². The molecule has 2 aromatic carbocycles. The second-order valence-electron chi connectivity index (χ2n) is 5.40. The van der Waals surface area contributed by atoms with Gasteiger partial charge in [0.1, 0.15) is 5.75 Å². The molecule has 0 bridgehead atoms. The Hall–Kier alpha value is -1.82. The Kier molecular flexibility index (Phi) is 7.05. The summed E-state index contributed by atoms with van der Waals surface area (Å²) in [5, 5.41) is 6.56. The molecule has 4 nitrogen and oxygen atoms in total. The monoisotopic (exact) mass is 396 g/mol. The molecule has 2 rings (SSSR count). The van der Waals surface area contributed by atoms with E-state index in [1.165, 1.54) is 0 Å². The fourth-order valence-electron chi connectivity index (χ4n) is 1.95. The van der Waals surface area contributed by atoms with Crippen molar-refractivity contribution in [3.8, 4) is 5.75 Å². The smallest absolute Gasteiger partial charge is 0.257 e. The molecule has 1 unspecified atom stereocenters. The molecular weight excluding hydrogens is 379 g/mol. The fraction of sp³-hybridized carbons (Fsp3) is 0.222. The first kappa shape index (κ1) is 19.5. The third-order valence-corrected chi connectivity index (χ3v) is 4.17. The zero-order valence-corrected chi connectivity index (χ0v) is 16.1. The van der Waals surface area contributed by atoms with E-state index in [-0.39, 0.29) is 17.1 Å². The van der Waals surface area contributed by atoms with Crippen molar-refractivity contribution in [2.75, 3.05) is 5.32 Å². The Balaban J connectivity index is 2.01. The highest BCUT2D eigenvalue weighted by Crippen LogP contribution is 2.25. The average Bonchev–Trinajstić information content (AvgIpc) is 2.57. The largest absolute Gasteiger partial charge is 0.491 e. The van der Waals surface area contributed by atoms with E-state index in [0.29, 0.717) is 27.0 Å². The number of rotatable bonds is 5. The van der Waals surface area contributed by atoms with E-state index in [2.05, 4.69) is 10.6 Å². The zero-order valence-electron chi connectivity index (χ0n) is 13.8. The Morgan fingerprint density at radius 3 is 2.68 bits per heavy atom. The van der Waals surface area contributed by atoms with E-state index < -0.39 is 0 Å². The van der Waals surface area contributed by atoms with Crippen LogP contribution in [0.1, 0.15) is 30.6 Å². The fourth-order valence-corrected chi connectivity index (χ4v) is 2.60. The van der Waals surface area contributed by atoms with Crippen LogP contribution in [0, 0.1) is 0 Å². The highest BCUT2D eigenvalue weighted by Gasteiger charge is 2.11. The van der Waals surface area contributed by atoms with Gasteiger partial charge in [0.05, 0.1) is 16.8 Å². The lowest BCUT2D eigenvalue weighted by molar-refractivity contribution is 0.0977. The standard InChI is InChI=1S/C18H18Cl2N2O2S/c1-3-11(2)24-14-6-4-5-12(9-14)17(23)22-18(25)21-16-8-7-13(19)10-15(16)20/h4-11H,3H2,1-2H3,(H2,21,22,23,25). The van der Waals surface area contributed by atoms with E-state index >= 15 is 0 Å². The van der Waals surface area contributed by atoms with Crippen LogP contribution in [0.15, 0.2) is 42.5 Å². The summed E-state index contributed by atoms with van der Waals surface area (Å²) in [6.07, 6.45) is 0.958. The first-order chi connectivity index (χ1) is 11.9. The number of halogens is 2. The van der Waals surface area contributed by atoms with Crippen LogP contribution in [0.4, 0.5) is 5.69 Å². The van der Waals surface area contributed by atoms with Crippen molar-refractivity contribution in [1.29, 1.82) is 0 Å². The van der Waals surface area contributed by atoms with Crippen molar-refractivity contribution >= 4 is 52.1 Å². The molecule has 0 aliphatic carbocycles. The van der Waals surface area contributed by atoms with Crippen molar-refractivity contribution in [2.24, 2.45) is 0 Å². The summed E-state index contributed by atoms with van der Waals surface area (Å²) in [5.41, 5.74) is 1.01. The summed E-state index contributed by atoms with van der Waals surface area (Å²) in [5.74, 6) is 0.304. The third kappa shape index (κ3) is 5.88. The number of carbonyl (C=O) groups excluding carboxylic acids is 1. The van der Waals surface area contributed by atoms with Gasteiger partial charge in [-0.1, -0.05) is 36.2 Å². The molecular formula is C18H18Cl2N2O2S. The summed E-state index contributed by atoms with van der Waals surface area (Å²) in [4.78, 5) is 12.3. The second kappa shape index (κ2) is 9.04. The van der Waals surface area contributed by atoms with Crippen LogP contribution >= 0.6 is 35.4 Å². The number of amides is 1. The molecule has 2 N–H and O–H groups in total. The maximum absolute atomic E-state index is 12.3. The van der Waals surface area contributed by atoms with E-state index in [0.717, 1.165) is 6.42 Å². The van der Waals surface area contributed by atoms with E-state index in [4.69, 9.17) is 40.2 Å². The number of benzene rings is 2. The quantitative estimate of drug-likeness (QED) is 0.673. The third-order valence-electron chi connectivity index (χ3n) is 3.41. The molecule has 0 spiro atoms. The number of carbonyl (C=O) groups is 1. The molecule has 25 heavy (non-hydrogen) atoms. The molecule has 0 fully saturated rings. The van der Waals surface area contributed by atoms with Gasteiger partial charge in [0.25, 0.3) is 5.91 Å². The normalized spacial score (nSPS) is 11.5. The van der Waals surface area contributed by atoms with Gasteiger partial charge in [-0.05, 0) is 62.0 Å². The number of thiocarbonyl (C=S) groups is 1. The number of nitrogens with one attached hydrogen (secondary N) is 2. The summed E-state index contributed by atoms with van der Waals surface area (Å²) in [6.45, 7) is 4.01. The molecule has 0 aliphatic heterocycles. The predicted octanol–water partition coefficient (Wildman–Crippen LogP) is 5.30. The van der Waals surface area contributed by atoms with E-state index in [1.54, 1.807) is 36.4 Å². The molecule has 0 aliphatic rings. The Labute approximate surface area is 162 Å². The molecule has 0 radical (unpaired) electrons. The van der Waals surface area contributed by atoms with Crippen LogP contribution in [-0.2, 0) is 0 Å². The van der Waals surface area contributed by atoms with Gasteiger partial charge >= 0.3 is 0 Å². The van der Waals surface area contributed by atoms with Crippen LogP contribution in [0.3, 0.4) is 0 Å². The maximum atomic E-state index is 12.3. The van der Waals surface area contributed by atoms with Crippen molar-refractivity contribution < 1.29 is 9.53 Å². The Morgan fingerprint density at radius 1 is 1.24 bits per heavy atom. The minimum Gasteiger partial charge on any atom is -0.491 e. The van der Waals surface area contributed by atoms with Gasteiger partial charge in [0, 0.05) is 10.6 Å². The molecule has 7 heteroatoms. The minimum absolute atomic E-state index is 0.0769. The molecule has 1 amide bonds. The SMILES string of the molecule is CCC(C)Oc1cccc(C(=O)NC(=S)Nc2ccc(Cl)cc2Cl)c1. The van der Waals surface area contributed by atoms with Crippen molar-refractivity contribution in [2.45, 2.75) is 26.4 Å². The minimum atomic E-state index is -0.336. The van der Waals surface area contributed by atoms with Gasteiger partial charge in [-0.3, -0.25) is 10.1 Å². The number of ether oxygens (including phenoxy) is 1. The lowest BCUT2D eigenvalue weighted by Crippen LogP contribution is -2.34. The Bertz CT molecular complexity index is 783. The maximum Gasteiger partial charge on any atom is 0.257 e. The van der Waals surface area contributed by atoms with Crippen molar-refractivity contribution in [3.63, 3.8) is 0 Å². The first-order valence-corrected chi connectivity index (χ1v) is 8.89. The first-order valence-electron chi connectivity index (χ1n) is 7.73. The molecule has 0 heterocycles. The summed E-state index contributed by atoms with van der Waals surface area (Å²) in [6, 6.07) is 11.9. The lowest BCUT2D eigenvalue weighted by Gasteiger charge is -2.14. The van der Waals surface area contributed by atoms with Crippen molar-refractivity contribution in [3.05, 3.63) is 58.1 Å². The molecule has 0 aromatic heterocycles. The van der Waals surface area contributed by atoms with Crippen LogP contribution in [0.5, 0.6) is 5.75 Å². The van der Waals surface area contributed by atoms with Crippen molar-refractivity contribution in [1.82, 2.24) is 5.32 Å². The summed E-state index contributed by atoms with van der Waals surface area (Å²) in [7, 11) is 0. The second-order valence-corrected chi connectivity index (χ2v) is 6.65. The number of hydrogen-bond acceptors (Lipinski definition) is 3. The highest BCUT2D eigenvalue weighted by atomic mass is 35.5. The Morgan fingerprint density at radius 2 is 2.00 bits per heavy atom. The molecule has 0 saturated carbocycles. The average molecular weight is 397 g/mol. The van der Waals surface area contributed by atoms with E-state index in [9.17, 15) is 4.79 Å². The molecule has 0 saturated heterocycles. The van der Waals surface area contributed by atoms with Crippen LogP contribution < -0.4 is 15.4 Å². The highest BCUT2D eigenvalue weighted by molar-refractivity contribution is 7.80. The van der Waals surface area contributed by atoms with Gasteiger partial charge in [-0.15, -0.1) is 0 Å². The topological polar surface area (TPSA) is 50.4 Å². The van der Waals surface area contributed by atoms with Crippen LogP contribution in [0.2, 0.25) is 10.0 Å².